The summed E-state index contributed by atoms with van der Waals surface area (Å²) in [6, 6.07) is 7.42. The zero-order chi connectivity index (χ0) is 21.1. The van der Waals surface area contributed by atoms with Crippen LogP contribution in [0.5, 0.6) is 5.75 Å². The number of carbonyl (C=O) groups is 1. The number of aromatic nitrogens is 2. The number of ether oxygens (including phenoxy) is 1. The van der Waals surface area contributed by atoms with Gasteiger partial charge in [-0.1, -0.05) is 6.42 Å². The monoisotopic (exact) mass is 441 g/mol. The summed E-state index contributed by atoms with van der Waals surface area (Å²) in [4.78, 5) is 22.8. The fraction of sp³-hybridized carbons (Fsp3) is 0.318. The van der Waals surface area contributed by atoms with Gasteiger partial charge in [-0.2, -0.15) is 0 Å². The second kappa shape index (κ2) is 9.16. The third-order valence-corrected chi connectivity index (χ3v) is 7.15. The number of carbonyl (C=O) groups excluding carboxylic acids is 1. The molecule has 0 radical (unpaired) electrons. The normalized spacial score (nSPS) is 14.8. The van der Waals surface area contributed by atoms with E-state index >= 15 is 0 Å². The van der Waals surface area contributed by atoms with Crippen LogP contribution in [0.15, 0.2) is 46.9 Å². The fourth-order valence-electron chi connectivity index (χ4n) is 3.40. The predicted octanol–water partition coefficient (Wildman–Crippen LogP) is 4.75. The largest absolute Gasteiger partial charge is 0.612 e. The molecule has 1 fully saturated rings. The molecule has 3 aromatic rings. The molecule has 8 heteroatoms. The first kappa shape index (κ1) is 20.8. The van der Waals surface area contributed by atoms with Gasteiger partial charge in [0.05, 0.1) is 41.5 Å². The van der Waals surface area contributed by atoms with Gasteiger partial charge in [-0.25, -0.2) is 4.98 Å². The minimum Gasteiger partial charge on any atom is -0.612 e. The van der Waals surface area contributed by atoms with Gasteiger partial charge in [0, 0.05) is 17.4 Å². The summed E-state index contributed by atoms with van der Waals surface area (Å²) >= 11 is 0.383. The third-order valence-electron chi connectivity index (χ3n) is 5.24. The maximum absolute atomic E-state index is 12.2. The minimum absolute atomic E-state index is 0.0735. The van der Waals surface area contributed by atoms with E-state index in [1.165, 1.54) is 17.8 Å². The Morgan fingerprint density at radius 2 is 2.10 bits per heavy atom. The van der Waals surface area contributed by atoms with Crippen LogP contribution in [0.2, 0.25) is 0 Å². The summed E-state index contributed by atoms with van der Waals surface area (Å²) in [6.07, 6.45) is 9.17. The van der Waals surface area contributed by atoms with Gasteiger partial charge in [-0.05, 0) is 54.2 Å². The molecule has 1 aliphatic rings. The van der Waals surface area contributed by atoms with Crippen molar-refractivity contribution in [1.29, 1.82) is 0 Å². The van der Waals surface area contributed by atoms with E-state index in [0.717, 1.165) is 34.7 Å². The molecular weight excluding hydrogens is 418 g/mol. The van der Waals surface area contributed by atoms with Crippen LogP contribution >= 0.6 is 11.3 Å². The molecule has 4 rings (SSSR count). The van der Waals surface area contributed by atoms with Crippen LogP contribution in [0.1, 0.15) is 25.7 Å². The molecule has 156 valence electrons. The van der Waals surface area contributed by atoms with E-state index in [4.69, 9.17) is 9.72 Å². The van der Waals surface area contributed by atoms with Gasteiger partial charge in [0.25, 0.3) is 0 Å². The maximum atomic E-state index is 12.2. The molecule has 0 bridgehead atoms. The second-order valence-corrected chi connectivity index (χ2v) is 9.62. The highest BCUT2D eigenvalue weighted by Gasteiger charge is 2.21. The highest BCUT2D eigenvalue weighted by molar-refractivity contribution is 7.90. The molecule has 0 spiro atoms. The third kappa shape index (κ3) is 4.66. The van der Waals surface area contributed by atoms with E-state index in [1.54, 1.807) is 31.8 Å². The number of amides is 1. The number of hydrogen-bond donors (Lipinski definition) is 1. The smallest absolute Gasteiger partial charge is 0.224 e. The lowest BCUT2D eigenvalue weighted by molar-refractivity contribution is -0.117. The molecule has 30 heavy (non-hydrogen) atoms. The van der Waals surface area contributed by atoms with Gasteiger partial charge < -0.3 is 14.6 Å². The van der Waals surface area contributed by atoms with E-state index in [-0.39, 0.29) is 5.91 Å². The van der Waals surface area contributed by atoms with E-state index in [9.17, 15) is 9.35 Å². The molecule has 6 nitrogen and oxygen atoms in total. The van der Waals surface area contributed by atoms with Crippen molar-refractivity contribution in [1.82, 2.24) is 9.97 Å². The SMILES string of the molecule is COc1cc(-c2cncc(-c3cc(NC(=O)CC4CCC4)cs3)n2)ccc1[S+](C)[O-]. The van der Waals surface area contributed by atoms with Gasteiger partial charge in [0.15, 0.2) is 10.6 Å². The Labute approximate surface area is 182 Å². The highest BCUT2D eigenvalue weighted by Crippen LogP contribution is 2.33. The van der Waals surface area contributed by atoms with Crippen molar-refractivity contribution >= 4 is 34.1 Å². The average molecular weight is 442 g/mol. The summed E-state index contributed by atoms with van der Waals surface area (Å²) in [5.74, 6) is 1.18. The van der Waals surface area contributed by atoms with Crippen molar-refractivity contribution in [3.05, 3.63) is 42.0 Å². The Morgan fingerprint density at radius 1 is 1.30 bits per heavy atom. The van der Waals surface area contributed by atoms with Crippen LogP contribution in [0.4, 0.5) is 5.69 Å². The lowest BCUT2D eigenvalue weighted by atomic mass is 9.83. The second-order valence-electron chi connectivity index (χ2n) is 7.36. The van der Waals surface area contributed by atoms with Gasteiger partial charge in [-0.15, -0.1) is 11.3 Å². The number of hydrogen-bond acceptors (Lipinski definition) is 6. The van der Waals surface area contributed by atoms with Crippen LogP contribution < -0.4 is 10.1 Å². The Bertz CT molecular complexity index is 1050. The molecule has 1 N–H and O–H groups in total. The van der Waals surface area contributed by atoms with Crippen LogP contribution in [0.3, 0.4) is 0 Å². The topological polar surface area (TPSA) is 87.2 Å². The van der Waals surface area contributed by atoms with Crippen LogP contribution in [-0.2, 0) is 16.0 Å². The van der Waals surface area contributed by atoms with E-state index in [2.05, 4.69) is 10.3 Å². The molecule has 1 aliphatic carbocycles. The molecule has 1 atom stereocenters. The summed E-state index contributed by atoms with van der Waals surface area (Å²) in [7, 11) is 1.56. The van der Waals surface area contributed by atoms with Gasteiger partial charge >= 0.3 is 0 Å². The number of anilines is 1. The van der Waals surface area contributed by atoms with Crippen molar-refractivity contribution in [2.24, 2.45) is 5.92 Å². The predicted molar refractivity (Wildman–Crippen MR) is 120 cm³/mol. The molecule has 0 saturated heterocycles. The Hall–Kier alpha value is -2.42. The number of rotatable bonds is 7. The van der Waals surface area contributed by atoms with Crippen molar-refractivity contribution in [3.8, 4) is 27.6 Å². The van der Waals surface area contributed by atoms with E-state index in [0.29, 0.717) is 28.7 Å². The molecule has 1 aromatic carbocycles. The highest BCUT2D eigenvalue weighted by atomic mass is 32.2. The van der Waals surface area contributed by atoms with Gasteiger partial charge in [0.2, 0.25) is 5.91 Å². The molecule has 1 unspecified atom stereocenters. The molecule has 2 aromatic heterocycles. The number of methoxy groups -OCH3 is 1. The number of nitrogens with one attached hydrogen (secondary N) is 1. The zero-order valence-electron chi connectivity index (χ0n) is 16.9. The van der Waals surface area contributed by atoms with E-state index in [1.807, 2.05) is 23.6 Å². The first-order valence-corrected chi connectivity index (χ1v) is 12.2. The minimum atomic E-state index is -1.14. The molecule has 0 aliphatic heterocycles. The average Bonchev–Trinajstić information content (AvgIpc) is 3.18. The summed E-state index contributed by atoms with van der Waals surface area (Å²) < 4.78 is 17.2. The quantitative estimate of drug-likeness (QED) is 0.535. The lowest BCUT2D eigenvalue weighted by Gasteiger charge is -2.24. The standard InChI is InChI=1S/C22H23N3O3S2/c1-28-19-9-15(6-7-21(19)30(2)27)17-11-23-12-18(25-17)20-10-16(13-29-20)24-22(26)8-14-4-3-5-14/h6-7,9-14H,3-5,8H2,1-2H3,(H,24,26). The molecule has 1 saturated carbocycles. The van der Waals surface area contributed by atoms with Crippen molar-refractivity contribution < 1.29 is 14.1 Å². The Kier molecular flexibility index (Phi) is 6.36. The van der Waals surface area contributed by atoms with Crippen LogP contribution in [0, 0.1) is 5.92 Å². The van der Waals surface area contributed by atoms with Crippen molar-refractivity contribution in [3.63, 3.8) is 0 Å². The first-order valence-electron chi connectivity index (χ1n) is 9.76. The van der Waals surface area contributed by atoms with Crippen LogP contribution in [0.25, 0.3) is 21.8 Å². The van der Waals surface area contributed by atoms with Crippen molar-refractivity contribution in [2.45, 2.75) is 30.6 Å². The Balaban J connectivity index is 1.52. The zero-order valence-corrected chi connectivity index (χ0v) is 18.5. The molecule has 1 amide bonds. The van der Waals surface area contributed by atoms with Crippen molar-refractivity contribution in [2.75, 3.05) is 18.7 Å². The summed E-state index contributed by atoms with van der Waals surface area (Å²) in [6.45, 7) is 0. The first-order chi connectivity index (χ1) is 14.5. The lowest BCUT2D eigenvalue weighted by Crippen LogP contribution is -2.20. The summed E-state index contributed by atoms with van der Waals surface area (Å²) in [5.41, 5.74) is 3.06. The van der Waals surface area contributed by atoms with E-state index < -0.39 is 11.2 Å². The maximum Gasteiger partial charge on any atom is 0.224 e. The fourth-order valence-corrected chi connectivity index (χ4v) is 4.88. The summed E-state index contributed by atoms with van der Waals surface area (Å²) in [5, 5.41) is 4.91. The van der Waals surface area contributed by atoms with Gasteiger partial charge in [-0.3, -0.25) is 9.78 Å². The van der Waals surface area contributed by atoms with Crippen LogP contribution in [-0.4, -0.2) is 33.8 Å². The number of nitrogens with zero attached hydrogens (tertiary/aromatic N) is 2. The number of thiophene rings is 1. The Morgan fingerprint density at radius 3 is 2.80 bits per heavy atom. The molecule has 2 heterocycles. The van der Waals surface area contributed by atoms with Gasteiger partial charge in [0.1, 0.15) is 6.26 Å². The molecular formula is C22H23N3O3S2. The number of benzene rings is 1.